The molecule has 0 amide bonds. The third-order valence-corrected chi connectivity index (χ3v) is 8.38. The zero-order valence-electron chi connectivity index (χ0n) is 16.2. The minimum atomic E-state index is -3.54. The van der Waals surface area contributed by atoms with Crippen molar-refractivity contribution in [1.29, 1.82) is 0 Å². The molecular formula is C21H29NO5S. The molecule has 2 aliphatic carbocycles. The van der Waals surface area contributed by atoms with Gasteiger partial charge in [-0.1, -0.05) is 25.7 Å². The monoisotopic (exact) mass is 407 g/mol. The number of carbonyl (C=O) groups is 1. The van der Waals surface area contributed by atoms with E-state index < -0.39 is 10.0 Å². The van der Waals surface area contributed by atoms with Crippen LogP contribution in [0.25, 0.3) is 0 Å². The highest BCUT2D eigenvalue weighted by molar-refractivity contribution is 7.89. The zero-order valence-corrected chi connectivity index (χ0v) is 17.0. The standard InChI is InChI=1S/C21H29NO5S/c23-21(27-19-8-5-16-3-1-2-4-18(16)15-19)17-6-9-20(10-7-17)28(24,25)22-11-13-26-14-12-22/h6-7,9-10,16,18-19H,1-5,8,11-15H2/t16-,18+,19-/m0/s1. The Balaban J connectivity index is 1.37. The maximum Gasteiger partial charge on any atom is 0.338 e. The number of nitrogens with zero attached hydrogens (tertiary/aromatic N) is 1. The van der Waals surface area contributed by atoms with Gasteiger partial charge in [-0.05, 0) is 55.4 Å². The van der Waals surface area contributed by atoms with Crippen molar-refractivity contribution in [2.24, 2.45) is 11.8 Å². The number of sulfonamides is 1. The lowest BCUT2D eigenvalue weighted by Gasteiger charge is -2.38. The summed E-state index contributed by atoms with van der Waals surface area (Å²) in [5.74, 6) is 1.16. The normalized spacial score (nSPS) is 29.1. The van der Waals surface area contributed by atoms with E-state index in [1.807, 2.05) is 0 Å². The van der Waals surface area contributed by atoms with Crippen LogP contribution in [-0.2, 0) is 19.5 Å². The van der Waals surface area contributed by atoms with Gasteiger partial charge in [0.05, 0.1) is 23.7 Å². The molecule has 6 nitrogen and oxygen atoms in total. The van der Waals surface area contributed by atoms with Crippen LogP contribution in [0.2, 0.25) is 0 Å². The van der Waals surface area contributed by atoms with Crippen molar-refractivity contribution in [2.45, 2.75) is 55.9 Å². The maximum atomic E-state index is 12.7. The number of morpholine rings is 1. The van der Waals surface area contributed by atoms with E-state index in [-0.39, 0.29) is 17.0 Å². The highest BCUT2D eigenvalue weighted by Crippen LogP contribution is 2.41. The first-order chi connectivity index (χ1) is 13.5. The average Bonchev–Trinajstić information content (AvgIpc) is 2.74. The van der Waals surface area contributed by atoms with Gasteiger partial charge in [0.2, 0.25) is 10.0 Å². The van der Waals surface area contributed by atoms with E-state index in [0.29, 0.717) is 37.8 Å². The fourth-order valence-electron chi connectivity index (χ4n) is 4.86. The maximum absolute atomic E-state index is 12.7. The molecule has 1 saturated heterocycles. The molecule has 0 bridgehead atoms. The minimum absolute atomic E-state index is 0.0105. The van der Waals surface area contributed by atoms with Gasteiger partial charge in [-0.15, -0.1) is 0 Å². The van der Waals surface area contributed by atoms with Crippen molar-refractivity contribution in [3.63, 3.8) is 0 Å². The fraction of sp³-hybridized carbons (Fsp3) is 0.667. The number of hydrogen-bond acceptors (Lipinski definition) is 5. The van der Waals surface area contributed by atoms with Crippen LogP contribution in [0, 0.1) is 11.8 Å². The molecule has 1 heterocycles. The summed E-state index contributed by atoms with van der Waals surface area (Å²) in [5, 5.41) is 0. The number of benzene rings is 1. The van der Waals surface area contributed by atoms with E-state index in [4.69, 9.17) is 9.47 Å². The predicted octanol–water partition coefficient (Wildman–Crippen LogP) is 3.22. The molecule has 28 heavy (non-hydrogen) atoms. The van der Waals surface area contributed by atoms with Crippen LogP contribution in [0.4, 0.5) is 0 Å². The van der Waals surface area contributed by atoms with Crippen LogP contribution in [0.3, 0.4) is 0 Å². The van der Waals surface area contributed by atoms with Crippen LogP contribution in [0.5, 0.6) is 0 Å². The van der Waals surface area contributed by atoms with E-state index in [1.54, 1.807) is 12.1 Å². The molecule has 2 saturated carbocycles. The molecular weight excluding hydrogens is 378 g/mol. The second-order valence-electron chi connectivity index (χ2n) is 8.19. The van der Waals surface area contributed by atoms with Gasteiger partial charge in [-0.3, -0.25) is 0 Å². The van der Waals surface area contributed by atoms with Gasteiger partial charge in [0.1, 0.15) is 6.10 Å². The van der Waals surface area contributed by atoms with Crippen molar-refractivity contribution in [2.75, 3.05) is 26.3 Å². The number of fused-ring (bicyclic) bond motifs is 1. The molecule has 154 valence electrons. The lowest BCUT2D eigenvalue weighted by Crippen LogP contribution is -2.40. The Morgan fingerprint density at radius 2 is 1.64 bits per heavy atom. The Morgan fingerprint density at radius 3 is 2.36 bits per heavy atom. The summed E-state index contributed by atoms with van der Waals surface area (Å²) < 4.78 is 37.7. The van der Waals surface area contributed by atoms with Crippen molar-refractivity contribution >= 4 is 16.0 Å². The minimum Gasteiger partial charge on any atom is -0.459 e. The van der Waals surface area contributed by atoms with Gasteiger partial charge in [0.25, 0.3) is 0 Å². The number of carbonyl (C=O) groups excluding carboxylic acids is 1. The number of rotatable bonds is 4. The van der Waals surface area contributed by atoms with Gasteiger partial charge >= 0.3 is 5.97 Å². The molecule has 3 atom stereocenters. The molecule has 0 unspecified atom stereocenters. The quantitative estimate of drug-likeness (QED) is 0.717. The second-order valence-corrected chi connectivity index (χ2v) is 10.1. The molecule has 4 rings (SSSR count). The summed E-state index contributed by atoms with van der Waals surface area (Å²) in [7, 11) is -3.54. The van der Waals surface area contributed by atoms with E-state index in [1.165, 1.54) is 42.1 Å². The highest BCUT2D eigenvalue weighted by Gasteiger charge is 2.34. The van der Waals surface area contributed by atoms with Gasteiger partial charge < -0.3 is 9.47 Å². The van der Waals surface area contributed by atoms with Crippen LogP contribution in [-0.4, -0.2) is 51.1 Å². The fourth-order valence-corrected chi connectivity index (χ4v) is 6.26. The number of ether oxygens (including phenoxy) is 2. The first-order valence-electron chi connectivity index (χ1n) is 10.4. The zero-order chi connectivity index (χ0) is 19.6. The lowest BCUT2D eigenvalue weighted by molar-refractivity contribution is -0.000934. The van der Waals surface area contributed by atoms with Gasteiger partial charge in [0, 0.05) is 13.1 Å². The van der Waals surface area contributed by atoms with Crippen LogP contribution < -0.4 is 0 Å². The molecule has 1 aromatic rings. The summed E-state index contributed by atoms with van der Waals surface area (Å²) in [4.78, 5) is 12.7. The van der Waals surface area contributed by atoms with Crippen molar-refractivity contribution < 1.29 is 22.7 Å². The summed E-state index contributed by atoms with van der Waals surface area (Å²) in [6, 6.07) is 6.11. The Hall–Kier alpha value is -1.44. The smallest absolute Gasteiger partial charge is 0.338 e. The first-order valence-corrected chi connectivity index (χ1v) is 11.9. The molecule has 0 radical (unpaired) electrons. The van der Waals surface area contributed by atoms with Crippen LogP contribution in [0.1, 0.15) is 55.3 Å². The summed E-state index contributed by atoms with van der Waals surface area (Å²) in [5.41, 5.74) is 0.409. The molecule has 1 aliphatic heterocycles. The summed E-state index contributed by atoms with van der Waals surface area (Å²) in [6.07, 6.45) is 8.27. The van der Waals surface area contributed by atoms with Gasteiger partial charge in [-0.25, -0.2) is 13.2 Å². The molecule has 0 spiro atoms. The highest BCUT2D eigenvalue weighted by atomic mass is 32.2. The Kier molecular flexibility index (Phi) is 6.04. The SMILES string of the molecule is O=C(O[C@H]1CC[C@@H]2CCCC[C@@H]2C1)c1ccc(S(=O)(=O)N2CCOCC2)cc1. The largest absolute Gasteiger partial charge is 0.459 e. The first kappa shape index (κ1) is 19.9. The van der Waals surface area contributed by atoms with E-state index >= 15 is 0 Å². The second kappa shape index (κ2) is 8.51. The number of hydrogen-bond donors (Lipinski definition) is 0. The average molecular weight is 408 g/mol. The van der Waals surface area contributed by atoms with Gasteiger partial charge in [-0.2, -0.15) is 4.31 Å². The Morgan fingerprint density at radius 1 is 0.964 bits per heavy atom. The lowest BCUT2D eigenvalue weighted by atomic mass is 9.70. The van der Waals surface area contributed by atoms with Crippen LogP contribution in [0.15, 0.2) is 29.2 Å². The third-order valence-electron chi connectivity index (χ3n) is 6.46. The third kappa shape index (κ3) is 4.26. The van der Waals surface area contributed by atoms with Crippen molar-refractivity contribution in [1.82, 2.24) is 4.31 Å². The molecule has 0 N–H and O–H groups in total. The molecule has 3 aliphatic rings. The molecule has 3 fully saturated rings. The van der Waals surface area contributed by atoms with E-state index in [9.17, 15) is 13.2 Å². The van der Waals surface area contributed by atoms with Gasteiger partial charge in [0.15, 0.2) is 0 Å². The van der Waals surface area contributed by atoms with E-state index in [2.05, 4.69) is 0 Å². The summed E-state index contributed by atoms with van der Waals surface area (Å²) >= 11 is 0. The van der Waals surface area contributed by atoms with Crippen LogP contribution >= 0.6 is 0 Å². The van der Waals surface area contributed by atoms with Crippen molar-refractivity contribution in [3.05, 3.63) is 29.8 Å². The Labute approximate surface area is 167 Å². The summed E-state index contributed by atoms with van der Waals surface area (Å²) in [6.45, 7) is 1.53. The topological polar surface area (TPSA) is 72.9 Å². The molecule has 7 heteroatoms. The molecule has 1 aromatic carbocycles. The predicted molar refractivity (Wildman–Crippen MR) is 105 cm³/mol. The molecule has 0 aromatic heterocycles. The van der Waals surface area contributed by atoms with Crippen molar-refractivity contribution in [3.8, 4) is 0 Å². The van der Waals surface area contributed by atoms with E-state index in [0.717, 1.165) is 25.2 Å². The Bertz CT molecular complexity index is 786. The number of esters is 1.